The maximum absolute atomic E-state index is 6.00. The predicted molar refractivity (Wildman–Crippen MR) is 64.4 cm³/mol. The van der Waals surface area contributed by atoms with Crippen LogP contribution < -0.4 is 5.73 Å². The van der Waals surface area contributed by atoms with Crippen LogP contribution in [0.5, 0.6) is 0 Å². The lowest BCUT2D eigenvalue weighted by Gasteiger charge is -2.02. The first kappa shape index (κ1) is 11.1. The van der Waals surface area contributed by atoms with Crippen molar-refractivity contribution in [3.8, 4) is 0 Å². The predicted octanol–water partition coefficient (Wildman–Crippen LogP) is 1.68. The Morgan fingerprint density at radius 1 is 1.50 bits per heavy atom. The largest absolute Gasteiger partial charge is 0.395 e. The summed E-state index contributed by atoms with van der Waals surface area (Å²) in [5.41, 5.74) is 7.64. The van der Waals surface area contributed by atoms with Gasteiger partial charge in [0.2, 0.25) is 0 Å². The fourth-order valence-corrected chi connectivity index (χ4v) is 2.52. The van der Waals surface area contributed by atoms with Crippen LogP contribution in [0.1, 0.15) is 12.6 Å². The van der Waals surface area contributed by atoms with Gasteiger partial charge in [-0.3, -0.25) is 9.36 Å². The Kier molecular flexibility index (Phi) is 2.91. The summed E-state index contributed by atoms with van der Waals surface area (Å²) in [5, 5.41) is 9.50. The highest BCUT2D eigenvalue weighted by molar-refractivity contribution is 7.99. The lowest BCUT2D eigenvalue weighted by Crippen LogP contribution is -1.98. The molecular weight excluding hydrogens is 222 g/mol. The summed E-state index contributed by atoms with van der Waals surface area (Å²) in [6.07, 6.45) is 3.79. The van der Waals surface area contributed by atoms with Crippen molar-refractivity contribution in [2.75, 3.05) is 5.73 Å². The lowest BCUT2D eigenvalue weighted by molar-refractivity contribution is 0.602. The van der Waals surface area contributed by atoms with E-state index in [4.69, 9.17) is 5.73 Å². The number of anilines is 1. The molecule has 0 saturated carbocycles. The first-order valence-corrected chi connectivity index (χ1v) is 5.92. The van der Waals surface area contributed by atoms with E-state index in [2.05, 4.69) is 17.1 Å². The van der Waals surface area contributed by atoms with Crippen LogP contribution >= 0.6 is 11.8 Å². The molecule has 0 fully saturated rings. The Hall–Kier alpha value is -1.43. The average Bonchev–Trinajstić information content (AvgIpc) is 2.77. The highest BCUT2D eigenvalue weighted by Crippen LogP contribution is 2.33. The maximum Gasteiger partial charge on any atom is 0.122 e. The molecule has 5 nitrogen and oxygen atoms in total. The minimum Gasteiger partial charge on any atom is -0.395 e. The molecule has 0 bridgehead atoms. The number of nitrogen functional groups attached to an aromatic ring is 1. The minimum absolute atomic E-state index is 0.760. The van der Waals surface area contributed by atoms with Crippen molar-refractivity contribution < 1.29 is 0 Å². The third kappa shape index (κ3) is 1.92. The molecular formula is C10H15N5S. The Balaban J connectivity index is 2.33. The summed E-state index contributed by atoms with van der Waals surface area (Å²) in [6, 6.07) is 0. The van der Waals surface area contributed by atoms with Crippen LogP contribution in [0.15, 0.2) is 22.3 Å². The molecule has 0 spiro atoms. The van der Waals surface area contributed by atoms with Gasteiger partial charge in [-0.15, -0.1) is 0 Å². The molecule has 0 unspecified atom stereocenters. The van der Waals surface area contributed by atoms with Crippen molar-refractivity contribution in [1.82, 2.24) is 19.6 Å². The van der Waals surface area contributed by atoms with Gasteiger partial charge in [-0.25, -0.2) is 0 Å². The van der Waals surface area contributed by atoms with E-state index in [1.165, 1.54) is 0 Å². The molecule has 86 valence electrons. The van der Waals surface area contributed by atoms with Gasteiger partial charge in [-0.1, -0.05) is 11.8 Å². The quantitative estimate of drug-likeness (QED) is 0.882. The second-order valence-corrected chi connectivity index (χ2v) is 4.63. The standard InChI is InChI=1S/C10H15N5S/c1-4-15-10(9(11)7(2)13-15)16-8-5-12-14(3)6-8/h5-6H,4,11H2,1-3H3. The molecule has 6 heteroatoms. The van der Waals surface area contributed by atoms with Crippen molar-refractivity contribution in [2.24, 2.45) is 7.05 Å². The summed E-state index contributed by atoms with van der Waals surface area (Å²) < 4.78 is 3.69. The zero-order valence-corrected chi connectivity index (χ0v) is 10.5. The third-order valence-electron chi connectivity index (χ3n) is 2.32. The second-order valence-electron chi connectivity index (χ2n) is 3.57. The van der Waals surface area contributed by atoms with Gasteiger partial charge in [0.15, 0.2) is 0 Å². The van der Waals surface area contributed by atoms with Crippen LogP contribution in [0.2, 0.25) is 0 Å². The number of aromatic nitrogens is 4. The molecule has 2 N–H and O–H groups in total. The van der Waals surface area contributed by atoms with Gasteiger partial charge in [0.05, 0.1) is 22.5 Å². The van der Waals surface area contributed by atoms with Crippen LogP contribution in [0.25, 0.3) is 0 Å². The minimum atomic E-state index is 0.760. The summed E-state index contributed by atoms with van der Waals surface area (Å²) in [5.74, 6) is 0. The van der Waals surface area contributed by atoms with Crippen molar-refractivity contribution in [3.05, 3.63) is 18.1 Å². The van der Waals surface area contributed by atoms with Crippen LogP contribution in [0.4, 0.5) is 5.69 Å². The van der Waals surface area contributed by atoms with Crippen LogP contribution in [0.3, 0.4) is 0 Å². The van der Waals surface area contributed by atoms with E-state index in [9.17, 15) is 0 Å². The SMILES string of the molecule is CCn1nc(C)c(N)c1Sc1cnn(C)c1. The second kappa shape index (κ2) is 4.21. The van der Waals surface area contributed by atoms with E-state index in [0.29, 0.717) is 0 Å². The highest BCUT2D eigenvalue weighted by atomic mass is 32.2. The zero-order valence-electron chi connectivity index (χ0n) is 9.64. The molecule has 2 aromatic rings. The summed E-state index contributed by atoms with van der Waals surface area (Å²) in [6.45, 7) is 4.80. The van der Waals surface area contributed by atoms with Crippen molar-refractivity contribution in [3.63, 3.8) is 0 Å². The smallest absolute Gasteiger partial charge is 0.122 e. The molecule has 16 heavy (non-hydrogen) atoms. The van der Waals surface area contributed by atoms with Crippen LogP contribution in [0, 0.1) is 6.92 Å². The molecule has 0 saturated heterocycles. The van der Waals surface area contributed by atoms with E-state index in [0.717, 1.165) is 27.8 Å². The van der Waals surface area contributed by atoms with Gasteiger partial charge < -0.3 is 5.73 Å². The van der Waals surface area contributed by atoms with E-state index >= 15 is 0 Å². The zero-order chi connectivity index (χ0) is 11.7. The first-order valence-electron chi connectivity index (χ1n) is 5.11. The van der Waals surface area contributed by atoms with Gasteiger partial charge >= 0.3 is 0 Å². The molecule has 2 rings (SSSR count). The Bertz CT molecular complexity index is 499. The van der Waals surface area contributed by atoms with Crippen LogP contribution in [-0.2, 0) is 13.6 Å². The van der Waals surface area contributed by atoms with Crippen molar-refractivity contribution in [1.29, 1.82) is 0 Å². The number of aryl methyl sites for hydroxylation is 3. The molecule has 0 amide bonds. The van der Waals surface area contributed by atoms with Crippen molar-refractivity contribution in [2.45, 2.75) is 30.3 Å². The third-order valence-corrected chi connectivity index (χ3v) is 3.39. The molecule has 2 heterocycles. The van der Waals surface area contributed by atoms with Gasteiger partial charge in [-0.05, 0) is 13.8 Å². The monoisotopic (exact) mass is 237 g/mol. The lowest BCUT2D eigenvalue weighted by atomic mass is 10.4. The molecule has 0 atom stereocenters. The molecule has 0 aliphatic rings. The van der Waals surface area contributed by atoms with Crippen LogP contribution in [-0.4, -0.2) is 19.6 Å². The van der Waals surface area contributed by atoms with E-state index in [1.807, 2.05) is 31.0 Å². The Morgan fingerprint density at radius 2 is 2.25 bits per heavy atom. The number of nitrogens with two attached hydrogens (primary N) is 1. The topological polar surface area (TPSA) is 61.7 Å². The first-order chi connectivity index (χ1) is 7.61. The number of hydrogen-bond acceptors (Lipinski definition) is 4. The fraction of sp³-hybridized carbons (Fsp3) is 0.400. The van der Waals surface area contributed by atoms with Gasteiger partial charge in [0, 0.05) is 19.8 Å². The van der Waals surface area contributed by atoms with Crippen molar-refractivity contribution >= 4 is 17.4 Å². The number of rotatable bonds is 3. The number of hydrogen-bond donors (Lipinski definition) is 1. The normalized spacial score (nSPS) is 10.9. The maximum atomic E-state index is 6.00. The molecule has 2 aromatic heterocycles. The summed E-state index contributed by atoms with van der Waals surface area (Å²) in [7, 11) is 1.90. The van der Waals surface area contributed by atoms with Gasteiger partial charge in [0.25, 0.3) is 0 Å². The fourth-order valence-electron chi connectivity index (χ4n) is 1.46. The molecule has 0 aliphatic carbocycles. The highest BCUT2D eigenvalue weighted by Gasteiger charge is 2.13. The van der Waals surface area contributed by atoms with Gasteiger partial charge in [-0.2, -0.15) is 10.2 Å². The molecule has 0 aromatic carbocycles. The Labute approximate surface area is 98.6 Å². The van der Waals surface area contributed by atoms with E-state index in [1.54, 1.807) is 16.4 Å². The van der Waals surface area contributed by atoms with E-state index < -0.39 is 0 Å². The molecule has 0 aliphatic heterocycles. The average molecular weight is 237 g/mol. The Morgan fingerprint density at radius 3 is 2.81 bits per heavy atom. The molecule has 0 radical (unpaired) electrons. The number of nitrogens with zero attached hydrogens (tertiary/aromatic N) is 4. The van der Waals surface area contributed by atoms with Gasteiger partial charge in [0.1, 0.15) is 5.03 Å². The van der Waals surface area contributed by atoms with E-state index in [-0.39, 0.29) is 0 Å². The summed E-state index contributed by atoms with van der Waals surface area (Å²) >= 11 is 1.60. The summed E-state index contributed by atoms with van der Waals surface area (Å²) in [4.78, 5) is 1.07.